The van der Waals surface area contributed by atoms with Gasteiger partial charge in [-0.3, -0.25) is 5.43 Å². The average Bonchev–Trinajstić information content (AvgIpc) is 2.74. The van der Waals surface area contributed by atoms with Crippen LogP contribution < -0.4 is 21.8 Å². The minimum Gasteiger partial charge on any atom is -0.423 e. The summed E-state index contributed by atoms with van der Waals surface area (Å²) in [6.07, 6.45) is -0.230. The summed E-state index contributed by atoms with van der Waals surface area (Å²) in [6, 6.07) is 7.24. The van der Waals surface area contributed by atoms with Crippen LogP contribution in [-0.4, -0.2) is 5.11 Å². The summed E-state index contributed by atoms with van der Waals surface area (Å²) >= 11 is 4.99. The van der Waals surface area contributed by atoms with Gasteiger partial charge in [0.2, 0.25) is 0 Å². The molecule has 1 aliphatic rings. The highest BCUT2D eigenvalue weighted by Gasteiger charge is 2.21. The van der Waals surface area contributed by atoms with E-state index < -0.39 is 0 Å². The van der Waals surface area contributed by atoms with E-state index in [1.54, 1.807) is 0 Å². The predicted molar refractivity (Wildman–Crippen MR) is 72.0 cm³/mol. The summed E-state index contributed by atoms with van der Waals surface area (Å²) in [7, 11) is 0. The van der Waals surface area contributed by atoms with Gasteiger partial charge < -0.3 is 9.73 Å². The third-order valence-corrected chi connectivity index (χ3v) is 3.07. The van der Waals surface area contributed by atoms with Crippen LogP contribution in [0.5, 0.6) is 0 Å². The zero-order valence-electron chi connectivity index (χ0n) is 9.61. The van der Waals surface area contributed by atoms with E-state index in [2.05, 4.69) is 16.2 Å². The predicted octanol–water partition coefficient (Wildman–Crippen LogP) is 1.08. The third kappa shape index (κ3) is 1.85. The van der Waals surface area contributed by atoms with E-state index in [0.29, 0.717) is 10.7 Å². The molecule has 1 aromatic heterocycles. The molecule has 1 aromatic carbocycles. The number of aryl methyl sites for hydroxylation is 1. The van der Waals surface area contributed by atoms with E-state index in [1.807, 2.05) is 25.1 Å². The molecule has 0 radical (unpaired) electrons. The Hall–Kier alpha value is -1.92. The molecule has 92 valence electrons. The summed E-state index contributed by atoms with van der Waals surface area (Å²) in [5.41, 5.74) is 7.85. The molecule has 2 aromatic rings. The van der Waals surface area contributed by atoms with Gasteiger partial charge in [-0.05, 0) is 30.8 Å². The average molecular weight is 261 g/mol. The number of thiocarbonyl (C=S) groups is 1. The van der Waals surface area contributed by atoms with Crippen LogP contribution in [0.3, 0.4) is 0 Å². The maximum atomic E-state index is 11.6. The van der Waals surface area contributed by atoms with Gasteiger partial charge in [-0.25, -0.2) is 10.2 Å². The molecule has 5 nitrogen and oxygen atoms in total. The number of hydrazine groups is 1. The van der Waals surface area contributed by atoms with E-state index in [4.69, 9.17) is 16.6 Å². The van der Waals surface area contributed by atoms with E-state index in [-0.39, 0.29) is 11.8 Å². The van der Waals surface area contributed by atoms with Gasteiger partial charge in [-0.15, -0.1) is 0 Å². The van der Waals surface area contributed by atoms with E-state index in [9.17, 15) is 4.79 Å². The first-order valence-corrected chi connectivity index (χ1v) is 5.91. The molecule has 3 rings (SSSR count). The quantitative estimate of drug-likeness (QED) is 0.527. The highest BCUT2D eigenvalue weighted by molar-refractivity contribution is 7.80. The second-order valence-electron chi connectivity index (χ2n) is 4.20. The van der Waals surface area contributed by atoms with Crippen molar-refractivity contribution in [1.29, 1.82) is 0 Å². The van der Waals surface area contributed by atoms with Crippen LogP contribution in [0.2, 0.25) is 0 Å². The summed E-state index contributed by atoms with van der Waals surface area (Å²) < 4.78 is 5.21. The van der Waals surface area contributed by atoms with Crippen LogP contribution in [0.25, 0.3) is 11.0 Å². The lowest BCUT2D eigenvalue weighted by Crippen LogP contribution is -2.27. The lowest BCUT2D eigenvalue weighted by Gasteiger charge is -2.12. The molecular formula is C12H11N3O2S. The maximum Gasteiger partial charge on any atom is 0.336 e. The van der Waals surface area contributed by atoms with Crippen molar-refractivity contribution in [2.24, 2.45) is 0 Å². The molecule has 0 amide bonds. The molecule has 0 bridgehead atoms. The van der Waals surface area contributed by atoms with Gasteiger partial charge in [-0.1, -0.05) is 12.1 Å². The molecule has 1 fully saturated rings. The topological polar surface area (TPSA) is 66.3 Å². The van der Waals surface area contributed by atoms with Gasteiger partial charge in [0.05, 0.1) is 0 Å². The fraction of sp³-hybridized carbons (Fsp3) is 0.167. The fourth-order valence-electron chi connectivity index (χ4n) is 2.03. The van der Waals surface area contributed by atoms with Crippen molar-refractivity contribution in [1.82, 2.24) is 16.2 Å². The second-order valence-corrected chi connectivity index (χ2v) is 4.60. The monoisotopic (exact) mass is 261 g/mol. The zero-order chi connectivity index (χ0) is 12.7. The van der Waals surface area contributed by atoms with Crippen molar-refractivity contribution in [3.8, 4) is 0 Å². The third-order valence-electron chi connectivity index (χ3n) is 2.85. The summed E-state index contributed by atoms with van der Waals surface area (Å²) in [4.78, 5) is 11.6. The first-order valence-electron chi connectivity index (χ1n) is 5.50. The van der Waals surface area contributed by atoms with E-state index in [1.165, 1.54) is 6.07 Å². The summed E-state index contributed by atoms with van der Waals surface area (Å²) in [6.45, 7) is 1.95. The Balaban J connectivity index is 2.21. The molecule has 6 heteroatoms. The standard InChI is InChI=1S/C12H11N3O2S/c1-6-2-3-7-8(11-13-12(18)15-14-11)5-10(16)17-9(7)4-6/h2-5,11,14H,1H3,(H2,13,15,18). The molecular weight excluding hydrogens is 250 g/mol. The Morgan fingerprint density at radius 3 is 2.89 bits per heavy atom. The van der Waals surface area contributed by atoms with Crippen molar-refractivity contribution in [2.45, 2.75) is 13.1 Å². The number of benzene rings is 1. The Kier molecular flexibility index (Phi) is 2.53. The minimum atomic E-state index is -0.371. The normalized spacial score (nSPS) is 18.7. The van der Waals surface area contributed by atoms with E-state index >= 15 is 0 Å². The SMILES string of the molecule is Cc1ccc2c(C3NNC(=S)N3)cc(=O)oc2c1. The van der Waals surface area contributed by atoms with Gasteiger partial charge in [0.1, 0.15) is 11.7 Å². The van der Waals surface area contributed by atoms with Gasteiger partial charge in [0.25, 0.3) is 0 Å². The largest absolute Gasteiger partial charge is 0.423 e. The van der Waals surface area contributed by atoms with Gasteiger partial charge in [-0.2, -0.15) is 0 Å². The number of nitrogens with one attached hydrogen (secondary N) is 3. The van der Waals surface area contributed by atoms with Crippen LogP contribution in [0.1, 0.15) is 17.3 Å². The van der Waals surface area contributed by atoms with Crippen LogP contribution in [0, 0.1) is 6.92 Å². The molecule has 1 saturated heterocycles. The Bertz CT molecular complexity index is 695. The molecule has 1 atom stereocenters. The molecule has 2 heterocycles. The van der Waals surface area contributed by atoms with Crippen LogP contribution in [0.15, 0.2) is 33.5 Å². The number of fused-ring (bicyclic) bond motifs is 1. The molecule has 3 N–H and O–H groups in total. The Morgan fingerprint density at radius 1 is 1.33 bits per heavy atom. The zero-order valence-corrected chi connectivity index (χ0v) is 10.4. The molecule has 1 unspecified atom stereocenters. The molecule has 0 saturated carbocycles. The maximum absolute atomic E-state index is 11.6. The lowest BCUT2D eigenvalue weighted by molar-refractivity contribution is 0.532. The van der Waals surface area contributed by atoms with E-state index in [0.717, 1.165) is 16.5 Å². The van der Waals surface area contributed by atoms with Crippen molar-refractivity contribution in [3.05, 3.63) is 45.8 Å². The molecule has 1 aliphatic heterocycles. The van der Waals surface area contributed by atoms with Crippen molar-refractivity contribution in [3.63, 3.8) is 0 Å². The van der Waals surface area contributed by atoms with Crippen LogP contribution in [-0.2, 0) is 0 Å². The summed E-state index contributed by atoms with van der Waals surface area (Å²) in [5, 5.41) is 4.43. The van der Waals surface area contributed by atoms with Crippen LogP contribution in [0.4, 0.5) is 0 Å². The number of rotatable bonds is 1. The fourth-order valence-corrected chi connectivity index (χ4v) is 2.21. The van der Waals surface area contributed by atoms with Gasteiger partial charge in [0.15, 0.2) is 5.11 Å². The van der Waals surface area contributed by atoms with Gasteiger partial charge in [0, 0.05) is 17.0 Å². The minimum absolute atomic E-state index is 0.230. The Morgan fingerprint density at radius 2 is 2.17 bits per heavy atom. The first kappa shape index (κ1) is 11.2. The van der Waals surface area contributed by atoms with Crippen molar-refractivity contribution >= 4 is 28.3 Å². The Labute approximate surface area is 108 Å². The lowest BCUT2D eigenvalue weighted by atomic mass is 10.1. The smallest absolute Gasteiger partial charge is 0.336 e. The van der Waals surface area contributed by atoms with Crippen molar-refractivity contribution < 1.29 is 4.42 Å². The van der Waals surface area contributed by atoms with Crippen LogP contribution >= 0.6 is 12.2 Å². The van der Waals surface area contributed by atoms with Crippen molar-refractivity contribution in [2.75, 3.05) is 0 Å². The first-order chi connectivity index (χ1) is 8.63. The number of hydrogen-bond acceptors (Lipinski definition) is 4. The highest BCUT2D eigenvalue weighted by Crippen LogP contribution is 2.23. The highest BCUT2D eigenvalue weighted by atomic mass is 32.1. The van der Waals surface area contributed by atoms with Gasteiger partial charge >= 0.3 is 5.63 Å². The molecule has 0 aliphatic carbocycles. The molecule has 18 heavy (non-hydrogen) atoms. The summed E-state index contributed by atoms with van der Waals surface area (Å²) in [5.74, 6) is 0. The number of hydrogen-bond donors (Lipinski definition) is 3. The molecule has 0 spiro atoms. The second kappa shape index (κ2) is 4.08.